The number of amides is 1. The summed E-state index contributed by atoms with van der Waals surface area (Å²) < 4.78 is 12.8. The van der Waals surface area contributed by atoms with Gasteiger partial charge in [-0.3, -0.25) is 9.78 Å². The summed E-state index contributed by atoms with van der Waals surface area (Å²) in [7, 11) is 0. The minimum atomic E-state index is -2.18. The molecule has 292 valence electrons. The summed E-state index contributed by atoms with van der Waals surface area (Å²) >= 11 is 13.5. The molecule has 0 bridgehead atoms. The van der Waals surface area contributed by atoms with Crippen LogP contribution in [0.2, 0.25) is 10.0 Å². The number of ether oxygens (including phenoxy) is 2. The van der Waals surface area contributed by atoms with Crippen molar-refractivity contribution in [2.45, 2.75) is 120 Å². The number of aliphatic hydroxyl groups is 4. The number of benzene rings is 2. The summed E-state index contributed by atoms with van der Waals surface area (Å²) in [6, 6.07) is 14.0. The monoisotopic (exact) mass is 784 g/mol. The molecule has 5 N–H and O–H groups in total. The first-order valence-corrected chi connectivity index (χ1v) is 19.8. The smallest absolute Gasteiger partial charge is 0.335 e. The molecule has 0 spiro atoms. The van der Waals surface area contributed by atoms with Gasteiger partial charge < -0.3 is 39.9 Å². The summed E-state index contributed by atoms with van der Waals surface area (Å²) in [6.07, 6.45) is 5.36. The molecule has 11 nitrogen and oxygen atoms in total. The number of carbonyl (C=O) groups excluding carboxylic acids is 1. The Bertz CT molecular complexity index is 1760. The maximum Gasteiger partial charge on any atom is 0.335 e. The van der Waals surface area contributed by atoms with E-state index in [4.69, 9.17) is 37.8 Å². The number of hydrogen-bond donors (Lipinski definition) is 5. The lowest BCUT2D eigenvalue weighted by Crippen LogP contribution is -2.47. The van der Waals surface area contributed by atoms with E-state index in [1.807, 2.05) is 47.5 Å². The van der Waals surface area contributed by atoms with Gasteiger partial charge in [0.2, 0.25) is 5.91 Å². The molecule has 1 aromatic heterocycles. The number of likely N-dealkylation sites (tertiary alicyclic amines) is 1. The molecule has 1 amide bonds. The Hall–Kier alpha value is -3.29. The predicted molar refractivity (Wildman–Crippen MR) is 203 cm³/mol. The number of para-hydroxylation sites is 1. The maximum absolute atomic E-state index is 12.9. The predicted octanol–water partition coefficient (Wildman–Crippen LogP) is 6.06. The van der Waals surface area contributed by atoms with E-state index in [2.05, 4.69) is 11.1 Å². The van der Waals surface area contributed by atoms with E-state index in [0.29, 0.717) is 55.4 Å². The average molecular weight is 786 g/mol. The largest absolute Gasteiger partial charge is 0.490 e. The van der Waals surface area contributed by atoms with Crippen LogP contribution < -0.4 is 4.74 Å². The van der Waals surface area contributed by atoms with Gasteiger partial charge in [0.25, 0.3) is 0 Å². The van der Waals surface area contributed by atoms with Gasteiger partial charge in [-0.25, -0.2) is 4.79 Å². The molecule has 2 aromatic carbocycles. The van der Waals surface area contributed by atoms with Crippen molar-refractivity contribution >= 4 is 35.1 Å². The van der Waals surface area contributed by atoms with E-state index in [1.165, 1.54) is 0 Å². The highest BCUT2D eigenvalue weighted by Gasteiger charge is 2.48. The molecule has 2 aliphatic carbocycles. The Morgan fingerprint density at radius 1 is 0.907 bits per heavy atom. The quantitative estimate of drug-likeness (QED) is 0.0901. The minimum Gasteiger partial charge on any atom is -0.490 e. The first-order valence-electron chi connectivity index (χ1n) is 19.0. The second-order valence-corrected chi connectivity index (χ2v) is 15.8. The van der Waals surface area contributed by atoms with Crippen LogP contribution in [0.4, 0.5) is 0 Å². The third-order valence-electron chi connectivity index (χ3n) is 11.0. The van der Waals surface area contributed by atoms with Crippen molar-refractivity contribution in [1.82, 2.24) is 9.88 Å². The Morgan fingerprint density at radius 2 is 1.61 bits per heavy atom. The van der Waals surface area contributed by atoms with Crippen LogP contribution in [-0.4, -0.2) is 90.9 Å². The van der Waals surface area contributed by atoms with E-state index in [0.717, 1.165) is 78.5 Å². The average Bonchev–Trinajstić information content (AvgIpc) is 4.13. The van der Waals surface area contributed by atoms with Crippen molar-refractivity contribution in [3.05, 3.63) is 81.6 Å². The van der Waals surface area contributed by atoms with Gasteiger partial charge in [0.1, 0.15) is 18.0 Å². The third-order valence-corrected chi connectivity index (χ3v) is 11.7. The Morgan fingerprint density at radius 3 is 2.31 bits per heavy atom. The van der Waals surface area contributed by atoms with Crippen molar-refractivity contribution in [3.8, 4) is 16.9 Å². The molecule has 3 fully saturated rings. The van der Waals surface area contributed by atoms with Crippen LogP contribution in [0.5, 0.6) is 5.75 Å². The van der Waals surface area contributed by atoms with Gasteiger partial charge in [-0.15, -0.1) is 0 Å². The normalized spacial score (nSPS) is 19.2. The molecule has 6 rings (SSSR count). The first-order chi connectivity index (χ1) is 26.0. The fourth-order valence-electron chi connectivity index (χ4n) is 7.26. The molecule has 4 atom stereocenters. The van der Waals surface area contributed by atoms with Crippen LogP contribution in [-0.2, 0) is 33.0 Å². The number of aliphatic hydroxyl groups excluding tert-OH is 4. The number of hydrogen-bond acceptors (Lipinski definition) is 9. The topological polar surface area (TPSA) is 170 Å². The Balaban J connectivity index is 0.935. The molecular weight excluding hydrogens is 735 g/mol. The number of aliphatic carboxylic acids is 1. The minimum absolute atomic E-state index is 0.0935. The molecule has 13 heteroatoms. The van der Waals surface area contributed by atoms with Gasteiger partial charge >= 0.3 is 5.97 Å². The van der Waals surface area contributed by atoms with Crippen molar-refractivity contribution in [1.29, 1.82) is 0 Å². The molecule has 3 aliphatic rings. The van der Waals surface area contributed by atoms with Crippen LogP contribution in [0.15, 0.2) is 54.9 Å². The Kier molecular flexibility index (Phi) is 13.5. The van der Waals surface area contributed by atoms with Gasteiger partial charge in [0.15, 0.2) is 6.10 Å². The van der Waals surface area contributed by atoms with Crippen molar-refractivity contribution in [2.24, 2.45) is 5.92 Å². The van der Waals surface area contributed by atoms with Gasteiger partial charge in [0.05, 0.1) is 24.4 Å². The summed E-state index contributed by atoms with van der Waals surface area (Å²) in [4.78, 5) is 30.1. The van der Waals surface area contributed by atoms with E-state index in [9.17, 15) is 30.0 Å². The second-order valence-electron chi connectivity index (χ2n) is 15.0. The number of carboxylic acids is 1. The third kappa shape index (κ3) is 10.1. The van der Waals surface area contributed by atoms with Crippen LogP contribution in [0, 0.1) is 5.92 Å². The number of nitrogens with zero attached hydrogens (tertiary/aromatic N) is 2. The Labute approximate surface area is 325 Å². The molecule has 1 aliphatic heterocycles. The van der Waals surface area contributed by atoms with Crippen LogP contribution in [0.25, 0.3) is 11.1 Å². The lowest BCUT2D eigenvalue weighted by atomic mass is 9.89. The molecule has 54 heavy (non-hydrogen) atoms. The van der Waals surface area contributed by atoms with E-state index < -0.39 is 36.0 Å². The highest BCUT2D eigenvalue weighted by atomic mass is 35.5. The molecule has 0 unspecified atom stereocenters. The molecule has 3 aromatic rings. The van der Waals surface area contributed by atoms with E-state index >= 15 is 0 Å². The summed E-state index contributed by atoms with van der Waals surface area (Å²) in [5, 5.41) is 49.4. The summed E-state index contributed by atoms with van der Waals surface area (Å²) in [5.74, 6) is -0.484. The second kappa shape index (κ2) is 18.1. The van der Waals surface area contributed by atoms with E-state index in [-0.39, 0.29) is 24.3 Å². The van der Waals surface area contributed by atoms with Crippen molar-refractivity contribution in [2.75, 3.05) is 13.1 Å². The maximum atomic E-state index is 12.9. The lowest BCUT2D eigenvalue weighted by molar-refractivity contribution is -0.163. The van der Waals surface area contributed by atoms with Crippen LogP contribution in [0.3, 0.4) is 0 Å². The highest BCUT2D eigenvalue weighted by Crippen LogP contribution is 2.53. The highest BCUT2D eigenvalue weighted by molar-refractivity contribution is 6.34. The molecule has 1 saturated heterocycles. The van der Waals surface area contributed by atoms with Gasteiger partial charge in [-0.05, 0) is 118 Å². The number of carboxylic acid groups (broad SMARTS) is 1. The number of aromatic nitrogens is 1. The van der Waals surface area contributed by atoms with Gasteiger partial charge in [0, 0.05) is 53.1 Å². The molecular formula is C41H50Cl2N2O9. The zero-order chi connectivity index (χ0) is 38.4. The number of piperidine rings is 1. The summed E-state index contributed by atoms with van der Waals surface area (Å²) in [6.45, 7) is 1.50. The zero-order valence-electron chi connectivity index (χ0n) is 30.3. The van der Waals surface area contributed by atoms with Crippen LogP contribution in [0.1, 0.15) is 87.3 Å². The number of unbranched alkanes of at least 4 members (excludes halogenated alkanes) is 1. The first kappa shape index (κ1) is 40.4. The SMILES string of the molecule is O=C(O)[C@H](O)[C@H](O)[C@@H](O)[C@H](O)CCC1CCN(C(=O)CCCCc2cc(Cl)c(COC3(c4cnccc4-c4ccccc4OC4CC4)CC3)cc2Cl)CC1. The van der Waals surface area contributed by atoms with Crippen LogP contribution >= 0.6 is 23.2 Å². The van der Waals surface area contributed by atoms with Gasteiger partial charge in [-0.1, -0.05) is 41.4 Å². The number of pyridine rings is 1. The van der Waals surface area contributed by atoms with Crippen molar-refractivity contribution < 1.29 is 44.6 Å². The van der Waals surface area contributed by atoms with E-state index in [1.54, 1.807) is 6.20 Å². The molecule has 2 saturated carbocycles. The molecule has 2 heterocycles. The standard InChI is InChI=1S/C41H50Cl2N2O9/c42-32-22-27(24-53-41(16-17-41)31-23-44-18-13-29(31)30-6-2-3-7-35(30)54-28-10-11-28)33(43)21-26(32)5-1-4-8-36(47)45-19-14-25(15-20-45)9-12-34(46)37(48)38(49)39(50)40(51)52/h2-3,6-7,13,18,21-23,25,28,34,37-39,46,48-50H,1,4-5,8-12,14-17,19-20,24H2,(H,51,52)/t34-,37+,38-,39-/m1/s1. The number of rotatable bonds is 19. The lowest BCUT2D eigenvalue weighted by Gasteiger charge is -2.33. The van der Waals surface area contributed by atoms with Gasteiger partial charge in [-0.2, -0.15) is 0 Å². The number of aryl methyl sites for hydroxylation is 1. The number of carbonyl (C=O) groups is 2. The zero-order valence-corrected chi connectivity index (χ0v) is 31.8. The molecule has 0 radical (unpaired) electrons. The number of halogens is 2. The fraction of sp³-hybridized carbons (Fsp3) is 0.537. The fourth-order valence-corrected chi connectivity index (χ4v) is 7.78. The summed E-state index contributed by atoms with van der Waals surface area (Å²) in [5.41, 5.74) is 4.43. The van der Waals surface area contributed by atoms with Crippen molar-refractivity contribution in [3.63, 3.8) is 0 Å².